The normalized spacial score (nSPS) is 21.1. The molecule has 2 N–H and O–H groups in total. The lowest BCUT2D eigenvalue weighted by molar-refractivity contribution is -0.261. The quantitative estimate of drug-likeness (QED) is 0.880. The van der Waals surface area contributed by atoms with Crippen molar-refractivity contribution in [2.24, 2.45) is 5.73 Å². The minimum atomic E-state index is -0.694. The molecule has 0 bridgehead atoms. The maximum atomic E-state index is 13.6. The average molecular weight is 239 g/mol. The Kier molecular flexibility index (Phi) is 3.76. The first kappa shape index (κ1) is 12.5. The molecule has 1 atom stereocenters. The van der Waals surface area contributed by atoms with Crippen LogP contribution < -0.4 is 5.73 Å². The van der Waals surface area contributed by atoms with Crippen molar-refractivity contribution >= 4 is 0 Å². The smallest absolute Gasteiger partial charge is 0.167 e. The number of ether oxygens (including phenoxy) is 2. The SMILES string of the molecule is CC1(CC(N)c2ccccc2F)OCCCO1. The van der Waals surface area contributed by atoms with Gasteiger partial charge in [-0.15, -0.1) is 0 Å². The van der Waals surface area contributed by atoms with E-state index in [1.807, 2.05) is 6.92 Å². The molecular weight excluding hydrogens is 221 g/mol. The fourth-order valence-electron chi connectivity index (χ4n) is 2.08. The molecule has 2 rings (SSSR count). The Labute approximate surface area is 101 Å². The average Bonchev–Trinajstić information content (AvgIpc) is 2.29. The summed E-state index contributed by atoms with van der Waals surface area (Å²) in [6.45, 7) is 3.19. The van der Waals surface area contributed by atoms with Crippen molar-refractivity contribution in [3.05, 3.63) is 35.6 Å². The maximum absolute atomic E-state index is 13.6. The third-order valence-electron chi connectivity index (χ3n) is 3.00. The highest BCUT2D eigenvalue weighted by Crippen LogP contribution is 2.29. The molecule has 0 amide bonds. The van der Waals surface area contributed by atoms with Crippen LogP contribution in [0.1, 0.15) is 31.4 Å². The predicted molar refractivity (Wildman–Crippen MR) is 62.9 cm³/mol. The van der Waals surface area contributed by atoms with Gasteiger partial charge in [-0.25, -0.2) is 4.39 Å². The zero-order valence-electron chi connectivity index (χ0n) is 9.99. The van der Waals surface area contributed by atoms with E-state index in [-0.39, 0.29) is 5.82 Å². The molecule has 0 spiro atoms. The second-order valence-corrected chi connectivity index (χ2v) is 4.52. The lowest BCUT2D eigenvalue weighted by Gasteiger charge is -2.35. The van der Waals surface area contributed by atoms with Crippen LogP contribution in [0.4, 0.5) is 4.39 Å². The molecule has 1 aromatic carbocycles. The van der Waals surface area contributed by atoms with Crippen molar-refractivity contribution in [2.75, 3.05) is 13.2 Å². The van der Waals surface area contributed by atoms with Crippen LogP contribution in [-0.4, -0.2) is 19.0 Å². The fraction of sp³-hybridized carbons (Fsp3) is 0.538. The molecule has 1 aliphatic heterocycles. The first-order chi connectivity index (χ1) is 8.11. The first-order valence-corrected chi connectivity index (χ1v) is 5.89. The molecule has 1 fully saturated rings. The van der Waals surface area contributed by atoms with E-state index in [1.54, 1.807) is 18.2 Å². The van der Waals surface area contributed by atoms with Gasteiger partial charge in [-0.05, 0) is 19.4 Å². The monoisotopic (exact) mass is 239 g/mol. The molecule has 1 saturated heterocycles. The molecule has 1 heterocycles. The van der Waals surface area contributed by atoms with E-state index < -0.39 is 11.8 Å². The third-order valence-corrected chi connectivity index (χ3v) is 3.00. The summed E-state index contributed by atoms with van der Waals surface area (Å²) in [5.74, 6) is -0.973. The summed E-state index contributed by atoms with van der Waals surface area (Å²) < 4.78 is 24.7. The summed E-state index contributed by atoms with van der Waals surface area (Å²) in [5, 5.41) is 0. The standard InChI is InChI=1S/C13H18FNO2/c1-13(16-7-4-8-17-13)9-12(15)10-5-2-3-6-11(10)14/h2-3,5-6,12H,4,7-9,15H2,1H3. The molecule has 4 heteroatoms. The van der Waals surface area contributed by atoms with Gasteiger partial charge in [0.2, 0.25) is 0 Å². The van der Waals surface area contributed by atoms with Crippen molar-refractivity contribution in [1.29, 1.82) is 0 Å². The van der Waals surface area contributed by atoms with Gasteiger partial charge in [-0.1, -0.05) is 18.2 Å². The number of nitrogens with two attached hydrogens (primary N) is 1. The van der Waals surface area contributed by atoms with Crippen molar-refractivity contribution < 1.29 is 13.9 Å². The van der Waals surface area contributed by atoms with Crippen LogP contribution in [0.25, 0.3) is 0 Å². The molecule has 17 heavy (non-hydrogen) atoms. The zero-order valence-corrected chi connectivity index (χ0v) is 9.99. The molecule has 1 unspecified atom stereocenters. The van der Waals surface area contributed by atoms with Gasteiger partial charge >= 0.3 is 0 Å². The molecule has 94 valence electrons. The van der Waals surface area contributed by atoms with Crippen molar-refractivity contribution in [2.45, 2.75) is 31.6 Å². The number of hydrogen-bond donors (Lipinski definition) is 1. The van der Waals surface area contributed by atoms with E-state index in [2.05, 4.69) is 0 Å². The first-order valence-electron chi connectivity index (χ1n) is 5.89. The van der Waals surface area contributed by atoms with Crippen molar-refractivity contribution in [3.63, 3.8) is 0 Å². The van der Waals surface area contributed by atoms with Crippen LogP contribution in [0.2, 0.25) is 0 Å². The summed E-state index contributed by atoms with van der Waals surface area (Å²) in [5.41, 5.74) is 6.52. The van der Waals surface area contributed by atoms with Crippen molar-refractivity contribution in [3.8, 4) is 0 Å². The van der Waals surface area contributed by atoms with E-state index in [4.69, 9.17) is 15.2 Å². The van der Waals surface area contributed by atoms with Gasteiger partial charge in [-0.2, -0.15) is 0 Å². The van der Waals surface area contributed by atoms with Gasteiger partial charge in [0.15, 0.2) is 5.79 Å². The molecule has 0 aromatic heterocycles. The van der Waals surface area contributed by atoms with E-state index in [9.17, 15) is 4.39 Å². The Morgan fingerprint density at radius 2 is 2.00 bits per heavy atom. The van der Waals surface area contributed by atoms with Crippen LogP contribution in [0.15, 0.2) is 24.3 Å². The second-order valence-electron chi connectivity index (χ2n) is 4.52. The molecule has 0 radical (unpaired) electrons. The number of halogens is 1. The van der Waals surface area contributed by atoms with Gasteiger partial charge < -0.3 is 15.2 Å². The molecule has 3 nitrogen and oxygen atoms in total. The minimum Gasteiger partial charge on any atom is -0.350 e. The second kappa shape index (κ2) is 5.12. The Morgan fingerprint density at radius 1 is 1.35 bits per heavy atom. The Hall–Kier alpha value is -0.970. The largest absolute Gasteiger partial charge is 0.350 e. The number of hydrogen-bond acceptors (Lipinski definition) is 3. The Morgan fingerprint density at radius 3 is 2.65 bits per heavy atom. The summed E-state index contributed by atoms with van der Waals surface area (Å²) in [4.78, 5) is 0. The fourth-order valence-corrected chi connectivity index (χ4v) is 2.08. The summed E-state index contributed by atoms with van der Waals surface area (Å²) in [7, 11) is 0. The predicted octanol–water partition coefficient (Wildman–Crippen LogP) is 2.37. The van der Waals surface area contributed by atoms with Crippen LogP contribution in [0.5, 0.6) is 0 Å². The lowest BCUT2D eigenvalue weighted by Crippen LogP contribution is -2.40. The highest BCUT2D eigenvalue weighted by Gasteiger charge is 2.32. The van der Waals surface area contributed by atoms with E-state index >= 15 is 0 Å². The molecule has 1 aromatic rings. The third kappa shape index (κ3) is 3.03. The van der Waals surface area contributed by atoms with E-state index in [0.29, 0.717) is 25.2 Å². The Balaban J connectivity index is 2.06. The van der Waals surface area contributed by atoms with E-state index in [1.165, 1.54) is 6.07 Å². The molecule has 0 aliphatic carbocycles. The van der Waals surface area contributed by atoms with Crippen LogP contribution in [0, 0.1) is 5.82 Å². The van der Waals surface area contributed by atoms with Gasteiger partial charge in [0, 0.05) is 18.0 Å². The van der Waals surface area contributed by atoms with Gasteiger partial charge in [0.25, 0.3) is 0 Å². The van der Waals surface area contributed by atoms with Crippen LogP contribution in [-0.2, 0) is 9.47 Å². The summed E-state index contributed by atoms with van der Waals surface area (Å²) in [6.07, 6.45) is 1.35. The highest BCUT2D eigenvalue weighted by molar-refractivity contribution is 5.21. The molecule has 0 saturated carbocycles. The summed E-state index contributed by atoms with van der Waals surface area (Å²) in [6, 6.07) is 6.13. The summed E-state index contributed by atoms with van der Waals surface area (Å²) >= 11 is 0. The van der Waals surface area contributed by atoms with Crippen LogP contribution >= 0.6 is 0 Å². The highest BCUT2D eigenvalue weighted by atomic mass is 19.1. The van der Waals surface area contributed by atoms with E-state index in [0.717, 1.165) is 6.42 Å². The van der Waals surface area contributed by atoms with Gasteiger partial charge in [0.1, 0.15) is 5.82 Å². The minimum absolute atomic E-state index is 0.278. The maximum Gasteiger partial charge on any atom is 0.167 e. The van der Waals surface area contributed by atoms with Crippen LogP contribution in [0.3, 0.4) is 0 Å². The topological polar surface area (TPSA) is 44.5 Å². The Bertz CT molecular complexity index is 377. The van der Waals surface area contributed by atoms with Gasteiger partial charge in [-0.3, -0.25) is 0 Å². The lowest BCUT2D eigenvalue weighted by atomic mass is 9.99. The molecule has 1 aliphatic rings. The van der Waals surface area contributed by atoms with Crippen molar-refractivity contribution in [1.82, 2.24) is 0 Å². The number of rotatable bonds is 3. The van der Waals surface area contributed by atoms with Gasteiger partial charge in [0.05, 0.1) is 13.2 Å². The molecular formula is C13H18FNO2. The zero-order chi connectivity index (χ0) is 12.3. The number of benzene rings is 1.